The Balaban J connectivity index is 2.33. The quantitative estimate of drug-likeness (QED) is 0.855. The number of carbonyl (C=O) groups excluding carboxylic acids is 1. The first kappa shape index (κ1) is 13.7. The van der Waals surface area contributed by atoms with Crippen LogP contribution >= 0.6 is 23.2 Å². The molecule has 0 atom stereocenters. The molecule has 1 amide bonds. The molecule has 98 valence electrons. The van der Waals surface area contributed by atoms with Crippen molar-refractivity contribution < 1.29 is 4.79 Å². The van der Waals surface area contributed by atoms with E-state index in [9.17, 15) is 4.79 Å². The lowest BCUT2D eigenvalue weighted by atomic mass is 10.2. The normalized spacial score (nSPS) is 10.3. The third-order valence-electron chi connectivity index (χ3n) is 2.72. The second-order valence-electron chi connectivity index (χ2n) is 4.08. The van der Waals surface area contributed by atoms with Gasteiger partial charge in [0.1, 0.15) is 0 Å². The maximum absolute atomic E-state index is 12.3. The number of rotatable bonds is 2. The first-order valence-corrected chi connectivity index (χ1v) is 6.33. The highest BCUT2D eigenvalue weighted by atomic mass is 35.5. The van der Waals surface area contributed by atoms with Gasteiger partial charge in [0.2, 0.25) is 0 Å². The molecule has 0 aliphatic rings. The van der Waals surface area contributed by atoms with Crippen molar-refractivity contribution in [3.63, 3.8) is 0 Å². The molecule has 0 aliphatic carbocycles. The molecule has 2 N–H and O–H groups in total. The van der Waals surface area contributed by atoms with E-state index in [1.165, 1.54) is 4.90 Å². The fraction of sp³-hybridized carbons (Fsp3) is 0.0714. The van der Waals surface area contributed by atoms with Gasteiger partial charge in [0.05, 0.1) is 10.6 Å². The molecule has 5 heteroatoms. The number of carbonyl (C=O) groups is 1. The Bertz CT molecular complexity index is 629. The summed E-state index contributed by atoms with van der Waals surface area (Å²) in [6.07, 6.45) is 0. The average Bonchev–Trinajstić information content (AvgIpc) is 2.37. The molecule has 0 radical (unpaired) electrons. The molecule has 0 bridgehead atoms. The van der Waals surface area contributed by atoms with Gasteiger partial charge in [0, 0.05) is 23.4 Å². The van der Waals surface area contributed by atoms with Crippen molar-refractivity contribution in [2.24, 2.45) is 0 Å². The first-order valence-electron chi connectivity index (χ1n) is 5.57. The molecule has 0 saturated heterocycles. The van der Waals surface area contributed by atoms with Crippen molar-refractivity contribution in [3.05, 3.63) is 58.1 Å². The molecule has 0 heterocycles. The van der Waals surface area contributed by atoms with Crippen molar-refractivity contribution in [2.75, 3.05) is 17.7 Å². The van der Waals surface area contributed by atoms with Crippen LogP contribution in [0.1, 0.15) is 10.4 Å². The van der Waals surface area contributed by atoms with Crippen LogP contribution in [0.2, 0.25) is 10.0 Å². The monoisotopic (exact) mass is 294 g/mol. The van der Waals surface area contributed by atoms with Crippen LogP contribution in [-0.2, 0) is 0 Å². The Morgan fingerprint density at radius 2 is 1.89 bits per heavy atom. The van der Waals surface area contributed by atoms with E-state index in [1.807, 2.05) is 0 Å². The van der Waals surface area contributed by atoms with Crippen LogP contribution in [0, 0.1) is 0 Å². The van der Waals surface area contributed by atoms with Gasteiger partial charge in [-0.1, -0.05) is 29.3 Å². The van der Waals surface area contributed by atoms with Crippen LogP contribution in [-0.4, -0.2) is 13.0 Å². The lowest BCUT2D eigenvalue weighted by Gasteiger charge is -2.18. The summed E-state index contributed by atoms with van der Waals surface area (Å²) < 4.78 is 0. The Hall–Kier alpha value is -1.71. The lowest BCUT2D eigenvalue weighted by Crippen LogP contribution is -2.26. The van der Waals surface area contributed by atoms with Crippen molar-refractivity contribution >= 4 is 40.5 Å². The smallest absolute Gasteiger partial charge is 0.259 e. The van der Waals surface area contributed by atoms with Crippen LogP contribution in [0.3, 0.4) is 0 Å². The fourth-order valence-corrected chi connectivity index (χ4v) is 2.18. The van der Waals surface area contributed by atoms with Crippen molar-refractivity contribution in [1.29, 1.82) is 0 Å². The molecule has 3 nitrogen and oxygen atoms in total. The van der Waals surface area contributed by atoms with E-state index in [0.29, 0.717) is 27.0 Å². The van der Waals surface area contributed by atoms with Crippen molar-refractivity contribution in [3.8, 4) is 0 Å². The molecule has 19 heavy (non-hydrogen) atoms. The third kappa shape index (κ3) is 3.00. The summed E-state index contributed by atoms with van der Waals surface area (Å²) in [6.45, 7) is 0. The van der Waals surface area contributed by atoms with Crippen LogP contribution in [0.15, 0.2) is 42.5 Å². The Labute approximate surface area is 121 Å². The minimum atomic E-state index is -0.215. The zero-order valence-electron chi connectivity index (χ0n) is 10.2. The number of nitrogens with two attached hydrogens (primary N) is 1. The maximum atomic E-state index is 12.3. The summed E-state index contributed by atoms with van der Waals surface area (Å²) in [5.74, 6) is -0.215. The lowest BCUT2D eigenvalue weighted by molar-refractivity contribution is 0.0993. The van der Waals surface area contributed by atoms with Crippen molar-refractivity contribution in [2.45, 2.75) is 0 Å². The van der Waals surface area contributed by atoms with Crippen LogP contribution in [0.25, 0.3) is 0 Å². The SMILES string of the molecule is CN(C(=O)c1ccc(Cl)cc1Cl)c1cccc(N)c1. The number of hydrogen-bond acceptors (Lipinski definition) is 2. The highest BCUT2D eigenvalue weighted by Gasteiger charge is 2.16. The van der Waals surface area contributed by atoms with E-state index in [1.54, 1.807) is 49.5 Å². The zero-order chi connectivity index (χ0) is 14.0. The Morgan fingerprint density at radius 1 is 1.16 bits per heavy atom. The van der Waals surface area contributed by atoms with E-state index in [0.717, 1.165) is 0 Å². The zero-order valence-corrected chi connectivity index (χ0v) is 11.7. The topological polar surface area (TPSA) is 46.3 Å². The van der Waals surface area contributed by atoms with Gasteiger partial charge < -0.3 is 10.6 Å². The van der Waals surface area contributed by atoms with Crippen molar-refractivity contribution in [1.82, 2.24) is 0 Å². The van der Waals surface area contributed by atoms with Crippen LogP contribution < -0.4 is 10.6 Å². The van der Waals surface area contributed by atoms with Crippen LogP contribution in [0.4, 0.5) is 11.4 Å². The highest BCUT2D eigenvalue weighted by Crippen LogP contribution is 2.24. The van der Waals surface area contributed by atoms with Gasteiger partial charge in [-0.05, 0) is 36.4 Å². The van der Waals surface area contributed by atoms with E-state index < -0.39 is 0 Å². The molecule has 0 fully saturated rings. The van der Waals surface area contributed by atoms with Gasteiger partial charge in [-0.25, -0.2) is 0 Å². The molecule has 2 rings (SSSR count). The minimum Gasteiger partial charge on any atom is -0.399 e. The van der Waals surface area contributed by atoms with Gasteiger partial charge in [-0.2, -0.15) is 0 Å². The number of benzene rings is 2. The molecular formula is C14H12Cl2N2O. The standard InChI is InChI=1S/C14H12Cl2N2O/c1-18(11-4-2-3-10(17)8-11)14(19)12-6-5-9(15)7-13(12)16/h2-8H,17H2,1H3. The molecule has 0 aliphatic heterocycles. The highest BCUT2D eigenvalue weighted by molar-refractivity contribution is 6.37. The molecule has 0 aromatic heterocycles. The number of anilines is 2. The molecular weight excluding hydrogens is 283 g/mol. The summed E-state index contributed by atoms with van der Waals surface area (Å²) in [7, 11) is 1.67. The van der Waals surface area contributed by atoms with Gasteiger partial charge in [-0.15, -0.1) is 0 Å². The van der Waals surface area contributed by atoms with E-state index in [2.05, 4.69) is 0 Å². The number of nitrogen functional groups attached to an aromatic ring is 1. The number of halogens is 2. The minimum absolute atomic E-state index is 0.215. The molecule has 2 aromatic rings. The summed E-state index contributed by atoms with van der Waals surface area (Å²) in [5.41, 5.74) is 7.40. The largest absolute Gasteiger partial charge is 0.399 e. The Kier molecular flexibility index (Phi) is 3.98. The molecule has 2 aromatic carbocycles. The fourth-order valence-electron chi connectivity index (χ4n) is 1.69. The summed E-state index contributed by atoms with van der Waals surface area (Å²) >= 11 is 11.8. The van der Waals surface area contributed by atoms with Crippen LogP contribution in [0.5, 0.6) is 0 Å². The number of nitrogens with zero attached hydrogens (tertiary/aromatic N) is 1. The third-order valence-corrected chi connectivity index (χ3v) is 3.27. The van der Waals surface area contributed by atoms with E-state index in [-0.39, 0.29) is 5.91 Å². The summed E-state index contributed by atoms with van der Waals surface area (Å²) in [4.78, 5) is 13.8. The summed E-state index contributed by atoms with van der Waals surface area (Å²) in [5, 5.41) is 0.821. The van der Waals surface area contributed by atoms with Gasteiger partial charge in [0.25, 0.3) is 5.91 Å². The number of amides is 1. The second-order valence-corrected chi connectivity index (χ2v) is 4.93. The average molecular weight is 295 g/mol. The van der Waals surface area contributed by atoms with Gasteiger partial charge >= 0.3 is 0 Å². The molecule has 0 saturated carbocycles. The molecule has 0 unspecified atom stereocenters. The Morgan fingerprint density at radius 3 is 2.53 bits per heavy atom. The predicted molar refractivity (Wildman–Crippen MR) is 80.0 cm³/mol. The predicted octanol–water partition coefficient (Wildman–Crippen LogP) is 3.85. The van der Waals surface area contributed by atoms with E-state index >= 15 is 0 Å². The second kappa shape index (κ2) is 5.51. The first-order chi connectivity index (χ1) is 8.99. The van der Waals surface area contributed by atoms with Gasteiger partial charge in [0.15, 0.2) is 0 Å². The number of hydrogen-bond donors (Lipinski definition) is 1. The van der Waals surface area contributed by atoms with Gasteiger partial charge in [-0.3, -0.25) is 4.79 Å². The van der Waals surface area contributed by atoms with E-state index in [4.69, 9.17) is 28.9 Å². The maximum Gasteiger partial charge on any atom is 0.259 e. The summed E-state index contributed by atoms with van der Waals surface area (Å²) in [6, 6.07) is 11.9. The molecule has 0 spiro atoms.